The van der Waals surface area contributed by atoms with Crippen molar-refractivity contribution in [1.82, 2.24) is 0 Å². The Morgan fingerprint density at radius 1 is 1.13 bits per heavy atom. The fourth-order valence-electron chi connectivity index (χ4n) is 3.76. The van der Waals surface area contributed by atoms with E-state index in [0.717, 1.165) is 16.3 Å². The van der Waals surface area contributed by atoms with E-state index in [1.807, 2.05) is 24.3 Å². The van der Waals surface area contributed by atoms with Gasteiger partial charge in [-0.3, -0.25) is 10.1 Å². The third-order valence-corrected chi connectivity index (χ3v) is 5.17. The number of non-ortho nitro benzene ring substituents is 1. The smallest absolute Gasteiger partial charge is 0.334 e. The highest BCUT2D eigenvalue weighted by atomic mass is 16.6. The summed E-state index contributed by atoms with van der Waals surface area (Å²) in [6, 6.07) is 20.5. The van der Waals surface area contributed by atoms with Gasteiger partial charge < -0.3 is 9.47 Å². The van der Waals surface area contributed by atoms with Crippen molar-refractivity contribution in [2.45, 2.75) is 19.3 Å². The Labute approximate surface area is 179 Å². The molecule has 4 rings (SSSR count). The summed E-state index contributed by atoms with van der Waals surface area (Å²) < 4.78 is 11.1. The number of nitrogens with zero attached hydrogens (tertiary/aromatic N) is 1. The van der Waals surface area contributed by atoms with Crippen molar-refractivity contribution in [3.63, 3.8) is 0 Å². The molecular formula is C25H21NO5. The number of rotatable bonds is 5. The van der Waals surface area contributed by atoms with E-state index in [1.54, 1.807) is 19.1 Å². The Balaban J connectivity index is 1.78. The second-order valence-electron chi connectivity index (χ2n) is 7.18. The number of carbonyl (C=O) groups excluding carboxylic acids is 1. The lowest BCUT2D eigenvalue weighted by Gasteiger charge is -2.25. The van der Waals surface area contributed by atoms with Gasteiger partial charge in [0.15, 0.2) is 0 Å². The van der Waals surface area contributed by atoms with E-state index in [2.05, 4.69) is 24.3 Å². The molecule has 0 spiro atoms. The van der Waals surface area contributed by atoms with E-state index in [-0.39, 0.29) is 18.2 Å². The Kier molecular flexibility index (Phi) is 5.80. The minimum Gasteiger partial charge on any atom is -0.463 e. The lowest BCUT2D eigenvalue weighted by molar-refractivity contribution is -0.384. The van der Waals surface area contributed by atoms with Crippen LogP contribution in [0.2, 0.25) is 0 Å². The first-order valence-electron chi connectivity index (χ1n) is 10.0. The Morgan fingerprint density at radius 3 is 2.61 bits per heavy atom. The molecule has 1 heterocycles. The second kappa shape index (κ2) is 8.83. The van der Waals surface area contributed by atoms with Crippen molar-refractivity contribution in [2.75, 3.05) is 6.61 Å². The summed E-state index contributed by atoms with van der Waals surface area (Å²) in [6.07, 6.45) is 3.88. The van der Waals surface area contributed by atoms with Crippen LogP contribution in [0.5, 0.6) is 0 Å². The Morgan fingerprint density at radius 2 is 1.87 bits per heavy atom. The van der Waals surface area contributed by atoms with Crippen LogP contribution in [0.25, 0.3) is 16.5 Å². The fraction of sp³-hybridized carbons (Fsp3) is 0.160. The van der Waals surface area contributed by atoms with Crippen LogP contribution in [0.15, 0.2) is 84.6 Å². The molecule has 0 saturated carbocycles. The van der Waals surface area contributed by atoms with Gasteiger partial charge in [-0.15, -0.1) is 0 Å². The minimum absolute atomic E-state index is 0.00746. The molecule has 0 amide bonds. The molecular weight excluding hydrogens is 394 g/mol. The van der Waals surface area contributed by atoms with Crippen molar-refractivity contribution < 1.29 is 19.2 Å². The molecule has 3 aromatic rings. The van der Waals surface area contributed by atoms with Crippen LogP contribution < -0.4 is 0 Å². The molecule has 0 fully saturated rings. The summed E-state index contributed by atoms with van der Waals surface area (Å²) in [5.74, 6) is 0.548. The average Bonchev–Trinajstić information content (AvgIpc) is 2.78. The molecule has 0 unspecified atom stereocenters. The molecule has 1 aliphatic heterocycles. The lowest BCUT2D eigenvalue weighted by Crippen LogP contribution is -2.11. The molecule has 0 aliphatic carbocycles. The number of carbonyl (C=O) groups is 1. The van der Waals surface area contributed by atoms with Gasteiger partial charge in [0.05, 0.1) is 17.6 Å². The minimum atomic E-state index is -0.459. The van der Waals surface area contributed by atoms with Crippen LogP contribution >= 0.6 is 0 Å². The van der Waals surface area contributed by atoms with Crippen molar-refractivity contribution >= 4 is 28.2 Å². The van der Waals surface area contributed by atoms with Crippen molar-refractivity contribution in [3.8, 4) is 0 Å². The van der Waals surface area contributed by atoms with Crippen molar-refractivity contribution in [1.29, 1.82) is 0 Å². The van der Waals surface area contributed by atoms with Gasteiger partial charge in [0.1, 0.15) is 11.5 Å². The maximum absolute atomic E-state index is 12.1. The molecule has 0 radical (unpaired) electrons. The molecule has 1 aliphatic rings. The Hall–Kier alpha value is -3.93. The van der Waals surface area contributed by atoms with Gasteiger partial charge in [-0.2, -0.15) is 0 Å². The van der Waals surface area contributed by atoms with Gasteiger partial charge in [0.2, 0.25) is 0 Å². The first kappa shape index (κ1) is 20.3. The van der Waals surface area contributed by atoms with E-state index >= 15 is 0 Å². The molecule has 0 aromatic heterocycles. The van der Waals surface area contributed by atoms with E-state index in [4.69, 9.17) is 9.47 Å². The molecule has 0 N–H and O–H groups in total. The zero-order chi connectivity index (χ0) is 21.8. The summed E-state index contributed by atoms with van der Waals surface area (Å²) in [7, 11) is 0. The number of nitro benzene ring substituents is 1. The SMILES string of the molecule is CCOC(=O)/C=C1/C[C@H](c2cccc3ccccc23)C=C(c2ccc([N+](=O)[O-])cc2)O1. The fourth-order valence-corrected chi connectivity index (χ4v) is 3.76. The summed E-state index contributed by atoms with van der Waals surface area (Å²) in [5, 5.41) is 13.2. The van der Waals surface area contributed by atoms with Crippen LogP contribution in [0.4, 0.5) is 5.69 Å². The number of esters is 1. The van der Waals surface area contributed by atoms with Crippen LogP contribution in [0.1, 0.15) is 30.4 Å². The maximum Gasteiger partial charge on any atom is 0.334 e. The topological polar surface area (TPSA) is 78.7 Å². The quantitative estimate of drug-likeness (QED) is 0.230. The predicted molar refractivity (Wildman–Crippen MR) is 118 cm³/mol. The third-order valence-electron chi connectivity index (χ3n) is 5.17. The normalized spacial score (nSPS) is 17.1. The standard InChI is InChI=1S/C25H21NO5/c1-2-30-25(27)16-21-14-19(23-9-5-7-17-6-3-4-8-22(17)23)15-24(31-21)18-10-12-20(13-11-18)26(28)29/h3-13,15-16,19H,2,14H2,1H3/b21-16-/t19-/m0/s1. The van der Waals surface area contributed by atoms with E-state index in [1.165, 1.54) is 18.2 Å². The number of fused-ring (bicyclic) bond motifs is 1. The highest BCUT2D eigenvalue weighted by molar-refractivity contribution is 5.87. The average molecular weight is 415 g/mol. The predicted octanol–water partition coefficient (Wildman–Crippen LogP) is 5.74. The van der Waals surface area contributed by atoms with E-state index < -0.39 is 10.9 Å². The highest BCUT2D eigenvalue weighted by Gasteiger charge is 2.24. The highest BCUT2D eigenvalue weighted by Crippen LogP contribution is 2.39. The number of hydrogen-bond donors (Lipinski definition) is 0. The van der Waals surface area contributed by atoms with E-state index in [0.29, 0.717) is 23.5 Å². The van der Waals surface area contributed by atoms with Gasteiger partial charge in [0, 0.05) is 30.0 Å². The first-order chi connectivity index (χ1) is 15.0. The van der Waals surface area contributed by atoms with E-state index in [9.17, 15) is 14.9 Å². The van der Waals surface area contributed by atoms with Gasteiger partial charge in [0.25, 0.3) is 5.69 Å². The van der Waals surface area contributed by atoms with Gasteiger partial charge in [-0.1, -0.05) is 42.5 Å². The van der Waals surface area contributed by atoms with Gasteiger partial charge >= 0.3 is 5.97 Å². The largest absolute Gasteiger partial charge is 0.463 e. The van der Waals surface area contributed by atoms with Gasteiger partial charge in [-0.05, 0) is 41.5 Å². The molecule has 0 saturated heterocycles. The summed E-state index contributed by atoms with van der Waals surface area (Å²) >= 11 is 0. The monoisotopic (exact) mass is 415 g/mol. The van der Waals surface area contributed by atoms with Crippen molar-refractivity contribution in [3.05, 3.63) is 106 Å². The molecule has 3 aromatic carbocycles. The summed E-state index contributed by atoms with van der Waals surface area (Å²) in [4.78, 5) is 22.6. The molecule has 6 heteroatoms. The molecule has 31 heavy (non-hydrogen) atoms. The molecule has 6 nitrogen and oxygen atoms in total. The zero-order valence-electron chi connectivity index (χ0n) is 17.0. The van der Waals surface area contributed by atoms with Gasteiger partial charge in [-0.25, -0.2) is 4.79 Å². The number of hydrogen-bond acceptors (Lipinski definition) is 5. The van der Waals surface area contributed by atoms with Crippen LogP contribution in [-0.2, 0) is 14.3 Å². The number of allylic oxidation sites excluding steroid dienone is 2. The number of benzene rings is 3. The Bertz CT molecular complexity index is 1190. The number of nitro groups is 1. The van der Waals surface area contributed by atoms with Crippen LogP contribution in [0, 0.1) is 10.1 Å². The number of ether oxygens (including phenoxy) is 2. The zero-order valence-corrected chi connectivity index (χ0v) is 17.0. The summed E-state index contributed by atoms with van der Waals surface area (Å²) in [6.45, 7) is 2.03. The second-order valence-corrected chi connectivity index (χ2v) is 7.18. The third kappa shape index (κ3) is 4.48. The first-order valence-corrected chi connectivity index (χ1v) is 10.0. The lowest BCUT2D eigenvalue weighted by atomic mass is 9.88. The molecule has 156 valence electrons. The van der Waals surface area contributed by atoms with Crippen LogP contribution in [0.3, 0.4) is 0 Å². The van der Waals surface area contributed by atoms with Crippen molar-refractivity contribution in [2.24, 2.45) is 0 Å². The molecule has 0 bridgehead atoms. The maximum atomic E-state index is 12.1. The van der Waals surface area contributed by atoms with Crippen LogP contribution in [-0.4, -0.2) is 17.5 Å². The molecule has 1 atom stereocenters. The summed E-state index contributed by atoms with van der Waals surface area (Å²) in [5.41, 5.74) is 1.83.